The van der Waals surface area contributed by atoms with Gasteiger partial charge < -0.3 is 20.7 Å². The van der Waals surface area contributed by atoms with Gasteiger partial charge in [0.25, 0.3) is 5.91 Å². The third-order valence-electron chi connectivity index (χ3n) is 6.25. The molecule has 2 amide bonds. The van der Waals surface area contributed by atoms with Gasteiger partial charge in [-0.05, 0) is 57.7 Å². The summed E-state index contributed by atoms with van der Waals surface area (Å²) in [7, 11) is 0. The first-order valence-corrected chi connectivity index (χ1v) is 11.5. The van der Waals surface area contributed by atoms with Crippen LogP contribution < -0.4 is 20.7 Å². The highest BCUT2D eigenvalue weighted by Gasteiger charge is 2.43. The second kappa shape index (κ2) is 8.99. The van der Waals surface area contributed by atoms with Crippen LogP contribution in [0.1, 0.15) is 49.9 Å². The molecule has 1 aromatic carbocycles. The Hall–Kier alpha value is -2.58. The van der Waals surface area contributed by atoms with E-state index in [0.29, 0.717) is 5.56 Å². The Kier molecular flexibility index (Phi) is 6.42. The molecule has 3 N–H and O–H groups in total. The summed E-state index contributed by atoms with van der Waals surface area (Å²) in [6, 6.07) is 6.25. The molecule has 0 aliphatic carbocycles. The van der Waals surface area contributed by atoms with Crippen molar-refractivity contribution < 1.29 is 18.7 Å². The first-order valence-electron chi connectivity index (χ1n) is 10.7. The summed E-state index contributed by atoms with van der Waals surface area (Å²) < 4.78 is 19.6. The maximum atomic E-state index is 13.8. The van der Waals surface area contributed by atoms with Crippen LogP contribution in [0.15, 0.2) is 30.5 Å². The van der Waals surface area contributed by atoms with Crippen LogP contribution in [0.25, 0.3) is 0 Å². The number of amides is 2. The monoisotopic (exact) mass is 494 g/mol. The number of fused-ring (bicyclic) bond motifs is 2. The highest BCUT2D eigenvalue weighted by atomic mass is 35.5. The molecule has 2 atom stereocenters. The molecule has 1 aromatic heterocycles. The molecule has 0 saturated carbocycles. The SMILES string of the molecule is CC(C)(Oc1cc(F)c(Cl)cc1Cl)C(=O)NC1CC2CCC(C1)N2c1ccc(C(N)=O)cn1. The fourth-order valence-electron chi connectivity index (χ4n) is 4.62. The number of nitrogens with two attached hydrogens (primary N) is 1. The number of pyridine rings is 1. The largest absolute Gasteiger partial charge is 0.476 e. The Morgan fingerprint density at radius 3 is 2.42 bits per heavy atom. The Labute approximate surface area is 201 Å². The number of primary amides is 1. The molecule has 176 valence electrons. The molecule has 2 aromatic rings. The number of carbonyl (C=O) groups excluding carboxylic acids is 2. The fourth-order valence-corrected chi connectivity index (χ4v) is 5.04. The van der Waals surface area contributed by atoms with E-state index in [1.165, 1.54) is 12.3 Å². The van der Waals surface area contributed by atoms with Gasteiger partial charge in [0.2, 0.25) is 5.91 Å². The van der Waals surface area contributed by atoms with Crippen molar-refractivity contribution in [3.63, 3.8) is 0 Å². The van der Waals surface area contributed by atoms with Crippen LogP contribution in [0.3, 0.4) is 0 Å². The molecule has 2 fully saturated rings. The van der Waals surface area contributed by atoms with Crippen molar-refractivity contribution in [2.24, 2.45) is 5.73 Å². The second-order valence-electron chi connectivity index (χ2n) is 9.01. The van der Waals surface area contributed by atoms with Gasteiger partial charge in [0.1, 0.15) is 17.4 Å². The number of hydrogen-bond acceptors (Lipinski definition) is 5. The topological polar surface area (TPSA) is 97.5 Å². The van der Waals surface area contributed by atoms with Crippen LogP contribution in [0.4, 0.5) is 10.2 Å². The van der Waals surface area contributed by atoms with Crippen LogP contribution in [0.5, 0.6) is 5.75 Å². The number of nitrogens with zero attached hydrogens (tertiary/aromatic N) is 2. The van der Waals surface area contributed by atoms with Crippen molar-refractivity contribution in [2.75, 3.05) is 4.90 Å². The van der Waals surface area contributed by atoms with E-state index in [0.717, 1.165) is 37.6 Å². The lowest BCUT2D eigenvalue weighted by atomic mass is 9.96. The minimum absolute atomic E-state index is 0.0311. The molecular formula is C23H25Cl2FN4O3. The molecule has 2 bridgehead atoms. The van der Waals surface area contributed by atoms with Gasteiger partial charge in [-0.1, -0.05) is 23.2 Å². The van der Waals surface area contributed by atoms with E-state index in [-0.39, 0.29) is 39.8 Å². The van der Waals surface area contributed by atoms with Crippen LogP contribution >= 0.6 is 23.2 Å². The summed E-state index contributed by atoms with van der Waals surface area (Å²) in [5, 5.41) is 3.10. The van der Waals surface area contributed by atoms with Crippen molar-refractivity contribution in [3.8, 4) is 5.75 Å². The first kappa shape index (κ1) is 23.6. The molecule has 4 rings (SSSR count). The summed E-state index contributed by atoms with van der Waals surface area (Å²) in [6.45, 7) is 3.22. The first-order chi connectivity index (χ1) is 15.5. The highest BCUT2D eigenvalue weighted by Crippen LogP contribution is 2.39. The third kappa shape index (κ3) is 4.87. The Balaban J connectivity index is 1.41. The molecule has 7 nitrogen and oxygen atoms in total. The third-order valence-corrected chi connectivity index (χ3v) is 6.84. The number of rotatable bonds is 6. The summed E-state index contributed by atoms with van der Waals surface area (Å²) in [4.78, 5) is 31.0. The number of anilines is 1. The maximum absolute atomic E-state index is 13.8. The molecule has 10 heteroatoms. The Morgan fingerprint density at radius 1 is 1.18 bits per heavy atom. The van der Waals surface area contributed by atoms with E-state index < -0.39 is 17.3 Å². The lowest BCUT2D eigenvalue weighted by molar-refractivity contribution is -0.135. The molecule has 0 radical (unpaired) electrons. The van der Waals surface area contributed by atoms with Crippen LogP contribution in [-0.4, -0.2) is 40.5 Å². The van der Waals surface area contributed by atoms with Gasteiger partial charge in [0, 0.05) is 30.4 Å². The van der Waals surface area contributed by atoms with Crippen molar-refractivity contribution >= 4 is 40.8 Å². The zero-order valence-electron chi connectivity index (χ0n) is 18.3. The number of carbonyl (C=O) groups is 2. The molecule has 3 heterocycles. The summed E-state index contributed by atoms with van der Waals surface area (Å²) in [5.74, 6) is -0.630. The molecule has 0 spiro atoms. The normalized spacial score (nSPS) is 22.2. The Bertz CT molecular complexity index is 1070. The van der Waals surface area contributed by atoms with E-state index in [9.17, 15) is 14.0 Å². The summed E-state index contributed by atoms with van der Waals surface area (Å²) in [5.41, 5.74) is 4.40. The lowest BCUT2D eigenvalue weighted by Gasteiger charge is -2.40. The highest BCUT2D eigenvalue weighted by molar-refractivity contribution is 6.35. The van der Waals surface area contributed by atoms with Crippen molar-refractivity contribution in [1.82, 2.24) is 10.3 Å². The molecule has 2 saturated heterocycles. The number of benzene rings is 1. The lowest BCUT2D eigenvalue weighted by Crippen LogP contribution is -2.55. The van der Waals surface area contributed by atoms with E-state index in [4.69, 9.17) is 33.7 Å². The second-order valence-corrected chi connectivity index (χ2v) is 9.83. The van der Waals surface area contributed by atoms with Gasteiger partial charge >= 0.3 is 0 Å². The number of piperidine rings is 1. The van der Waals surface area contributed by atoms with Gasteiger partial charge in [0.15, 0.2) is 5.60 Å². The maximum Gasteiger partial charge on any atom is 0.263 e. The minimum Gasteiger partial charge on any atom is -0.476 e. The molecule has 2 aliphatic rings. The van der Waals surface area contributed by atoms with E-state index >= 15 is 0 Å². The van der Waals surface area contributed by atoms with E-state index in [1.54, 1.807) is 19.9 Å². The fraction of sp³-hybridized carbons (Fsp3) is 0.435. The zero-order chi connectivity index (χ0) is 23.9. The summed E-state index contributed by atoms with van der Waals surface area (Å²) in [6.07, 6.45) is 5.00. The van der Waals surface area contributed by atoms with Gasteiger partial charge in [-0.2, -0.15) is 0 Å². The number of ether oxygens (including phenoxy) is 1. The molecular weight excluding hydrogens is 470 g/mol. The Morgan fingerprint density at radius 2 is 1.85 bits per heavy atom. The van der Waals surface area contributed by atoms with Crippen LogP contribution in [0, 0.1) is 5.82 Å². The van der Waals surface area contributed by atoms with E-state index in [1.807, 2.05) is 6.07 Å². The van der Waals surface area contributed by atoms with Gasteiger partial charge in [-0.3, -0.25) is 9.59 Å². The minimum atomic E-state index is -1.27. The average Bonchev–Trinajstić information content (AvgIpc) is 3.02. The zero-order valence-corrected chi connectivity index (χ0v) is 19.8. The smallest absolute Gasteiger partial charge is 0.263 e. The molecule has 2 unspecified atom stereocenters. The van der Waals surface area contributed by atoms with E-state index in [2.05, 4.69) is 15.2 Å². The van der Waals surface area contributed by atoms with Crippen molar-refractivity contribution in [2.45, 2.75) is 63.3 Å². The average molecular weight is 495 g/mol. The number of aromatic nitrogens is 1. The number of halogens is 3. The number of nitrogens with one attached hydrogen (secondary N) is 1. The quantitative estimate of drug-likeness (QED) is 0.589. The van der Waals surface area contributed by atoms with Crippen molar-refractivity contribution in [3.05, 3.63) is 51.9 Å². The van der Waals surface area contributed by atoms with Crippen LogP contribution in [-0.2, 0) is 4.79 Å². The standard InChI is InChI=1S/C23H25Cl2FN4O3/c1-23(2,33-19-10-18(26)16(24)9-17(19)25)22(32)29-13-7-14-4-5-15(8-13)30(14)20-6-3-12(11-28-20)21(27)31/h3,6,9-11,13-15H,4-5,7-8H2,1-2H3,(H2,27,31)(H,29,32). The van der Waals surface area contributed by atoms with Gasteiger partial charge in [-0.25, -0.2) is 9.37 Å². The molecule has 2 aliphatic heterocycles. The summed E-state index contributed by atoms with van der Waals surface area (Å²) >= 11 is 11.8. The van der Waals surface area contributed by atoms with Gasteiger partial charge in [0.05, 0.1) is 15.6 Å². The predicted octanol–water partition coefficient (Wildman–Crippen LogP) is 4.10. The van der Waals surface area contributed by atoms with Crippen LogP contribution in [0.2, 0.25) is 10.0 Å². The van der Waals surface area contributed by atoms with Gasteiger partial charge in [-0.15, -0.1) is 0 Å². The van der Waals surface area contributed by atoms with Crippen molar-refractivity contribution in [1.29, 1.82) is 0 Å². The number of hydrogen-bond donors (Lipinski definition) is 2. The predicted molar refractivity (Wildman–Crippen MR) is 124 cm³/mol. The molecule has 33 heavy (non-hydrogen) atoms.